The Morgan fingerprint density at radius 2 is 1.97 bits per heavy atom. The van der Waals surface area contributed by atoms with Crippen molar-refractivity contribution < 1.29 is 18.7 Å². The molecular formula is C23H36FN3O3. The van der Waals surface area contributed by atoms with Gasteiger partial charge in [-0.2, -0.15) is 0 Å². The number of benzene rings is 1. The molecule has 1 amide bonds. The van der Waals surface area contributed by atoms with Gasteiger partial charge in [0.25, 0.3) is 0 Å². The lowest BCUT2D eigenvalue weighted by Gasteiger charge is -2.48. The molecule has 1 N–H and O–H groups in total. The number of hydrogen-bond acceptors (Lipinski definition) is 5. The molecular weight excluding hydrogens is 385 g/mol. The average Bonchev–Trinajstić information content (AvgIpc) is 2.77. The molecule has 1 aliphatic heterocycles. The SMILES string of the molecule is COc1ccc(N(CC(=O)NCC2(N3CCOCC3)CCCCC2)C(C)C)cc1F. The van der Waals surface area contributed by atoms with Gasteiger partial charge in [-0.05, 0) is 38.8 Å². The quantitative estimate of drug-likeness (QED) is 0.699. The Morgan fingerprint density at radius 3 is 2.57 bits per heavy atom. The second kappa shape index (κ2) is 10.4. The minimum Gasteiger partial charge on any atom is -0.494 e. The second-order valence-corrected chi connectivity index (χ2v) is 8.70. The number of carbonyl (C=O) groups excluding carboxylic acids is 1. The Hall–Kier alpha value is -1.86. The van der Waals surface area contributed by atoms with Crippen LogP contribution >= 0.6 is 0 Å². The highest BCUT2D eigenvalue weighted by atomic mass is 19.1. The molecule has 0 atom stereocenters. The zero-order valence-electron chi connectivity index (χ0n) is 18.6. The van der Waals surface area contributed by atoms with Gasteiger partial charge in [-0.3, -0.25) is 9.69 Å². The van der Waals surface area contributed by atoms with Gasteiger partial charge in [0.2, 0.25) is 5.91 Å². The number of anilines is 1. The van der Waals surface area contributed by atoms with E-state index in [1.165, 1.54) is 32.4 Å². The number of rotatable bonds is 8. The molecule has 1 aromatic rings. The van der Waals surface area contributed by atoms with Crippen molar-refractivity contribution in [1.82, 2.24) is 10.2 Å². The molecule has 1 heterocycles. The van der Waals surface area contributed by atoms with E-state index in [-0.39, 0.29) is 29.8 Å². The number of hydrogen-bond donors (Lipinski definition) is 1. The average molecular weight is 422 g/mol. The molecule has 1 aromatic carbocycles. The van der Waals surface area contributed by atoms with Crippen molar-refractivity contribution in [3.8, 4) is 5.75 Å². The first-order chi connectivity index (χ1) is 14.4. The highest BCUT2D eigenvalue weighted by Gasteiger charge is 2.38. The van der Waals surface area contributed by atoms with E-state index in [0.717, 1.165) is 39.1 Å². The molecule has 168 valence electrons. The molecule has 0 unspecified atom stereocenters. The third-order valence-corrected chi connectivity index (χ3v) is 6.49. The summed E-state index contributed by atoms with van der Waals surface area (Å²) in [5, 5.41) is 3.20. The van der Waals surface area contributed by atoms with E-state index in [4.69, 9.17) is 9.47 Å². The van der Waals surface area contributed by atoms with Crippen molar-refractivity contribution in [3.05, 3.63) is 24.0 Å². The van der Waals surface area contributed by atoms with E-state index in [9.17, 15) is 9.18 Å². The molecule has 1 aliphatic carbocycles. The molecule has 1 saturated heterocycles. The lowest BCUT2D eigenvalue weighted by Crippen LogP contribution is -2.60. The summed E-state index contributed by atoms with van der Waals surface area (Å²) in [7, 11) is 1.45. The topological polar surface area (TPSA) is 54.0 Å². The Bertz CT molecular complexity index is 701. The third-order valence-electron chi connectivity index (χ3n) is 6.49. The van der Waals surface area contributed by atoms with Crippen LogP contribution in [0.25, 0.3) is 0 Å². The summed E-state index contributed by atoms with van der Waals surface area (Å²) in [6, 6.07) is 4.90. The van der Waals surface area contributed by atoms with Crippen molar-refractivity contribution in [2.24, 2.45) is 0 Å². The van der Waals surface area contributed by atoms with Crippen LogP contribution in [-0.4, -0.2) is 68.9 Å². The third kappa shape index (κ3) is 5.43. The van der Waals surface area contributed by atoms with Crippen LogP contribution in [0.1, 0.15) is 46.0 Å². The fourth-order valence-electron chi connectivity index (χ4n) is 4.73. The predicted molar refractivity (Wildman–Crippen MR) is 117 cm³/mol. The van der Waals surface area contributed by atoms with Crippen LogP contribution in [0.5, 0.6) is 5.75 Å². The van der Waals surface area contributed by atoms with Crippen LogP contribution in [0.4, 0.5) is 10.1 Å². The number of nitrogens with zero attached hydrogens (tertiary/aromatic N) is 2. The van der Waals surface area contributed by atoms with Gasteiger partial charge in [-0.15, -0.1) is 0 Å². The monoisotopic (exact) mass is 421 g/mol. The lowest BCUT2D eigenvalue weighted by atomic mass is 9.79. The molecule has 3 rings (SSSR count). The van der Waals surface area contributed by atoms with Gasteiger partial charge in [-0.1, -0.05) is 19.3 Å². The van der Waals surface area contributed by atoms with Crippen molar-refractivity contribution in [3.63, 3.8) is 0 Å². The second-order valence-electron chi connectivity index (χ2n) is 8.70. The summed E-state index contributed by atoms with van der Waals surface area (Å²) in [5.74, 6) is -0.246. The van der Waals surface area contributed by atoms with E-state index in [2.05, 4.69) is 10.2 Å². The van der Waals surface area contributed by atoms with E-state index in [1.807, 2.05) is 18.7 Å². The van der Waals surface area contributed by atoms with Crippen molar-refractivity contribution in [2.45, 2.75) is 57.5 Å². The number of carbonyl (C=O) groups is 1. The summed E-state index contributed by atoms with van der Waals surface area (Å²) in [6.07, 6.45) is 5.91. The van der Waals surface area contributed by atoms with Crippen molar-refractivity contribution in [2.75, 3.05) is 51.4 Å². The summed E-state index contributed by atoms with van der Waals surface area (Å²) in [4.78, 5) is 17.3. The zero-order valence-corrected chi connectivity index (χ0v) is 18.6. The van der Waals surface area contributed by atoms with Gasteiger partial charge in [-0.25, -0.2) is 4.39 Å². The Labute approximate surface area is 179 Å². The molecule has 1 saturated carbocycles. The molecule has 6 nitrogen and oxygen atoms in total. The first-order valence-electron chi connectivity index (χ1n) is 11.1. The molecule has 0 aromatic heterocycles. The van der Waals surface area contributed by atoms with E-state index < -0.39 is 5.82 Å². The van der Waals surface area contributed by atoms with E-state index in [1.54, 1.807) is 12.1 Å². The maximum absolute atomic E-state index is 14.2. The van der Waals surface area contributed by atoms with Gasteiger partial charge in [0.15, 0.2) is 11.6 Å². The summed E-state index contributed by atoms with van der Waals surface area (Å²) < 4.78 is 24.7. The summed E-state index contributed by atoms with van der Waals surface area (Å²) >= 11 is 0. The van der Waals surface area contributed by atoms with Crippen LogP contribution in [0.3, 0.4) is 0 Å². The Balaban J connectivity index is 1.65. The zero-order chi connectivity index (χ0) is 21.6. The standard InChI is InChI=1S/C23H36FN3O3/c1-18(2)27(19-7-8-21(29-3)20(24)15-19)16-22(28)25-17-23(9-5-4-6-10-23)26-11-13-30-14-12-26/h7-8,15,18H,4-6,9-14,16-17H2,1-3H3,(H,25,28). The fraction of sp³-hybridized carbons (Fsp3) is 0.696. The normalized spacial score (nSPS) is 19.5. The molecule has 0 bridgehead atoms. The van der Waals surface area contributed by atoms with Crippen LogP contribution < -0.4 is 15.0 Å². The molecule has 2 fully saturated rings. The van der Waals surface area contributed by atoms with Crippen molar-refractivity contribution in [1.29, 1.82) is 0 Å². The lowest BCUT2D eigenvalue weighted by molar-refractivity contribution is -0.121. The molecule has 30 heavy (non-hydrogen) atoms. The first kappa shape index (κ1) is 22.8. The minimum atomic E-state index is -0.422. The number of halogens is 1. The smallest absolute Gasteiger partial charge is 0.239 e. The molecule has 2 aliphatic rings. The largest absolute Gasteiger partial charge is 0.494 e. The number of amides is 1. The van der Waals surface area contributed by atoms with Gasteiger partial charge in [0, 0.05) is 43.0 Å². The first-order valence-corrected chi connectivity index (χ1v) is 11.1. The summed E-state index contributed by atoms with van der Waals surface area (Å²) in [6.45, 7) is 8.26. The van der Waals surface area contributed by atoms with Crippen molar-refractivity contribution >= 4 is 11.6 Å². The number of methoxy groups -OCH3 is 1. The van der Waals surface area contributed by atoms with Crippen LogP contribution in [0.2, 0.25) is 0 Å². The minimum absolute atomic E-state index is 0.0295. The van der Waals surface area contributed by atoms with Gasteiger partial charge in [0.1, 0.15) is 0 Å². The Kier molecular flexibility index (Phi) is 7.94. The van der Waals surface area contributed by atoms with Gasteiger partial charge < -0.3 is 19.7 Å². The summed E-state index contributed by atoms with van der Waals surface area (Å²) in [5.41, 5.74) is 0.714. The van der Waals surface area contributed by atoms with E-state index in [0.29, 0.717) is 12.2 Å². The fourth-order valence-corrected chi connectivity index (χ4v) is 4.73. The maximum atomic E-state index is 14.2. The Morgan fingerprint density at radius 1 is 1.27 bits per heavy atom. The number of morpholine rings is 1. The predicted octanol–water partition coefficient (Wildman–Crippen LogP) is 3.20. The number of nitrogens with one attached hydrogen (secondary N) is 1. The van der Waals surface area contributed by atoms with Gasteiger partial charge >= 0.3 is 0 Å². The molecule has 0 spiro atoms. The van der Waals surface area contributed by atoms with Crippen LogP contribution in [0, 0.1) is 5.82 Å². The van der Waals surface area contributed by atoms with E-state index >= 15 is 0 Å². The van der Waals surface area contributed by atoms with Gasteiger partial charge in [0.05, 0.1) is 26.9 Å². The maximum Gasteiger partial charge on any atom is 0.239 e. The number of ether oxygens (including phenoxy) is 2. The molecule has 0 radical (unpaired) electrons. The highest BCUT2D eigenvalue weighted by molar-refractivity contribution is 5.81. The van der Waals surface area contributed by atoms with Crippen LogP contribution in [-0.2, 0) is 9.53 Å². The van der Waals surface area contributed by atoms with Crippen LogP contribution in [0.15, 0.2) is 18.2 Å². The highest BCUT2D eigenvalue weighted by Crippen LogP contribution is 2.34. The molecule has 7 heteroatoms.